The van der Waals surface area contributed by atoms with E-state index in [4.69, 9.17) is 0 Å². The van der Waals surface area contributed by atoms with E-state index in [1.54, 1.807) is 18.2 Å². The minimum Gasteiger partial charge on any atom is -0.357 e. The lowest BCUT2D eigenvalue weighted by Crippen LogP contribution is -2.37. The molecule has 2 N–H and O–H groups in total. The van der Waals surface area contributed by atoms with Crippen molar-refractivity contribution in [2.24, 2.45) is 4.99 Å². The molecule has 0 spiro atoms. The number of aliphatic imine (C=N–C) groups is 1. The Hall–Kier alpha value is -1.38. The van der Waals surface area contributed by atoms with Crippen molar-refractivity contribution < 1.29 is 8.42 Å². The number of hydrogen-bond acceptors (Lipinski definition) is 4. The summed E-state index contributed by atoms with van der Waals surface area (Å²) in [5.41, 5.74) is 0. The van der Waals surface area contributed by atoms with Crippen molar-refractivity contribution in [1.29, 1.82) is 0 Å². The van der Waals surface area contributed by atoms with Gasteiger partial charge in [0.1, 0.15) is 4.21 Å². The van der Waals surface area contributed by atoms with Crippen molar-refractivity contribution in [3.05, 3.63) is 29.7 Å². The van der Waals surface area contributed by atoms with Gasteiger partial charge in [0.2, 0.25) is 0 Å². The van der Waals surface area contributed by atoms with E-state index in [0.717, 1.165) is 11.4 Å². The maximum absolute atomic E-state index is 12.0. The first-order chi connectivity index (χ1) is 9.91. The summed E-state index contributed by atoms with van der Waals surface area (Å²) in [7, 11) is -0.314. The Morgan fingerprint density at radius 3 is 2.71 bits per heavy atom. The maximum Gasteiger partial charge on any atom is 0.252 e. The fourth-order valence-electron chi connectivity index (χ4n) is 1.43. The molecule has 0 fully saturated rings. The first kappa shape index (κ1) is 17.7. The first-order valence-electron chi connectivity index (χ1n) is 6.56. The van der Waals surface area contributed by atoms with E-state index in [0.29, 0.717) is 23.3 Å². The van der Waals surface area contributed by atoms with E-state index in [2.05, 4.69) is 22.2 Å². The van der Waals surface area contributed by atoms with Crippen molar-refractivity contribution in [1.82, 2.24) is 14.9 Å². The molecule has 8 heteroatoms. The highest BCUT2D eigenvalue weighted by molar-refractivity contribution is 7.91. The molecule has 1 aromatic heterocycles. The number of guanidine groups is 1. The van der Waals surface area contributed by atoms with Gasteiger partial charge in [0.25, 0.3) is 10.0 Å². The number of nitrogens with one attached hydrogen (secondary N) is 2. The van der Waals surface area contributed by atoms with E-state index in [1.165, 1.54) is 29.7 Å². The van der Waals surface area contributed by atoms with E-state index in [-0.39, 0.29) is 0 Å². The van der Waals surface area contributed by atoms with E-state index in [9.17, 15) is 8.42 Å². The van der Waals surface area contributed by atoms with Crippen LogP contribution in [0.3, 0.4) is 0 Å². The number of rotatable bonds is 7. The SMILES string of the molecule is C=CCNC(=NCc1ccc(S(=O)(=O)N(C)C)s1)NCC. The average Bonchev–Trinajstić information content (AvgIpc) is 2.91. The van der Waals surface area contributed by atoms with Gasteiger partial charge in [0.15, 0.2) is 5.96 Å². The molecule has 0 radical (unpaired) electrons. The van der Waals surface area contributed by atoms with Crippen molar-refractivity contribution in [2.45, 2.75) is 17.7 Å². The van der Waals surface area contributed by atoms with Crippen LogP contribution in [0.5, 0.6) is 0 Å². The Balaban J connectivity index is 2.79. The maximum atomic E-state index is 12.0. The van der Waals surface area contributed by atoms with Gasteiger partial charge in [-0.3, -0.25) is 0 Å². The fraction of sp³-hybridized carbons (Fsp3) is 0.462. The number of nitrogens with zero attached hydrogens (tertiary/aromatic N) is 2. The number of thiophene rings is 1. The molecule has 0 amide bonds. The summed E-state index contributed by atoms with van der Waals surface area (Å²) < 4.78 is 25.5. The second-order valence-corrected chi connectivity index (χ2v) is 7.92. The highest BCUT2D eigenvalue weighted by Gasteiger charge is 2.19. The Morgan fingerprint density at radius 1 is 1.43 bits per heavy atom. The van der Waals surface area contributed by atoms with Crippen LogP contribution in [0.1, 0.15) is 11.8 Å². The van der Waals surface area contributed by atoms with Gasteiger partial charge in [-0.1, -0.05) is 6.08 Å². The lowest BCUT2D eigenvalue weighted by Gasteiger charge is -2.09. The molecule has 0 bridgehead atoms. The van der Waals surface area contributed by atoms with Crippen LogP contribution in [0.15, 0.2) is 34.0 Å². The third-order valence-electron chi connectivity index (χ3n) is 2.52. The Morgan fingerprint density at radius 2 is 2.14 bits per heavy atom. The third kappa shape index (κ3) is 5.14. The molecule has 1 rings (SSSR count). The molecule has 0 aromatic carbocycles. The molecule has 0 atom stereocenters. The van der Waals surface area contributed by atoms with Gasteiger partial charge in [-0.25, -0.2) is 17.7 Å². The normalized spacial score (nSPS) is 12.5. The molecular weight excluding hydrogens is 308 g/mol. The second-order valence-electron chi connectivity index (χ2n) is 4.37. The van der Waals surface area contributed by atoms with Crippen LogP contribution in [0.4, 0.5) is 0 Å². The quantitative estimate of drug-likeness (QED) is 0.448. The fourth-order valence-corrected chi connectivity index (χ4v) is 3.88. The van der Waals surface area contributed by atoms with Crippen LogP contribution in [-0.2, 0) is 16.6 Å². The van der Waals surface area contributed by atoms with Gasteiger partial charge in [-0.15, -0.1) is 17.9 Å². The van der Waals surface area contributed by atoms with Crippen LogP contribution >= 0.6 is 11.3 Å². The van der Waals surface area contributed by atoms with Crippen molar-refractivity contribution in [3.8, 4) is 0 Å². The lowest BCUT2D eigenvalue weighted by molar-refractivity contribution is 0.523. The Bertz CT molecular complexity index is 591. The minimum absolute atomic E-state index is 0.335. The standard InChI is InChI=1S/C13H22N4O2S2/c1-5-9-15-13(14-6-2)16-10-11-7-8-12(20-11)21(18,19)17(3)4/h5,7-8H,1,6,9-10H2,2-4H3,(H2,14,15,16). The molecule has 0 aliphatic rings. The summed E-state index contributed by atoms with van der Waals surface area (Å²) in [4.78, 5) is 5.30. The Kier molecular flexibility index (Phi) is 6.86. The highest BCUT2D eigenvalue weighted by Crippen LogP contribution is 2.24. The molecule has 0 saturated heterocycles. The molecule has 0 aliphatic carbocycles. The van der Waals surface area contributed by atoms with Gasteiger partial charge in [-0.05, 0) is 19.1 Å². The molecule has 0 aliphatic heterocycles. The summed E-state index contributed by atoms with van der Waals surface area (Å²) in [6.45, 7) is 7.44. The van der Waals surface area contributed by atoms with Gasteiger partial charge in [-0.2, -0.15) is 0 Å². The van der Waals surface area contributed by atoms with Gasteiger partial charge in [0.05, 0.1) is 6.54 Å². The van der Waals surface area contributed by atoms with Crippen LogP contribution in [-0.4, -0.2) is 45.9 Å². The zero-order valence-corrected chi connectivity index (χ0v) is 14.2. The summed E-state index contributed by atoms with van der Waals surface area (Å²) in [6, 6.07) is 3.41. The summed E-state index contributed by atoms with van der Waals surface area (Å²) >= 11 is 1.24. The van der Waals surface area contributed by atoms with Gasteiger partial charge < -0.3 is 10.6 Å². The minimum atomic E-state index is -3.36. The summed E-state index contributed by atoms with van der Waals surface area (Å²) in [6.07, 6.45) is 1.75. The predicted octanol–water partition coefficient (Wildman–Crippen LogP) is 1.24. The number of sulfonamides is 1. The largest absolute Gasteiger partial charge is 0.357 e. The first-order valence-corrected chi connectivity index (χ1v) is 8.81. The van der Waals surface area contributed by atoms with Crippen LogP contribution in [0.2, 0.25) is 0 Å². The predicted molar refractivity (Wildman–Crippen MR) is 88.2 cm³/mol. The average molecular weight is 330 g/mol. The van der Waals surface area contributed by atoms with Crippen LogP contribution in [0.25, 0.3) is 0 Å². The molecule has 1 aromatic rings. The van der Waals surface area contributed by atoms with Crippen molar-refractivity contribution >= 4 is 27.3 Å². The van der Waals surface area contributed by atoms with Gasteiger partial charge >= 0.3 is 0 Å². The summed E-state index contributed by atoms with van der Waals surface area (Å²) in [5.74, 6) is 0.683. The van der Waals surface area contributed by atoms with E-state index < -0.39 is 10.0 Å². The zero-order chi connectivity index (χ0) is 15.9. The lowest BCUT2D eigenvalue weighted by atomic mass is 10.5. The monoisotopic (exact) mass is 330 g/mol. The van der Waals surface area contributed by atoms with Gasteiger partial charge in [0, 0.05) is 32.1 Å². The molecular formula is C13H22N4O2S2. The van der Waals surface area contributed by atoms with Crippen LogP contribution < -0.4 is 10.6 Å². The zero-order valence-electron chi connectivity index (χ0n) is 12.6. The summed E-state index contributed by atoms with van der Waals surface area (Å²) in [5, 5.41) is 6.21. The molecule has 1 heterocycles. The van der Waals surface area contributed by atoms with Crippen molar-refractivity contribution in [3.63, 3.8) is 0 Å². The smallest absolute Gasteiger partial charge is 0.252 e. The molecule has 6 nitrogen and oxygen atoms in total. The molecule has 21 heavy (non-hydrogen) atoms. The second kappa shape index (κ2) is 8.16. The van der Waals surface area contributed by atoms with E-state index in [1.807, 2.05) is 6.92 Å². The molecule has 0 unspecified atom stereocenters. The van der Waals surface area contributed by atoms with Crippen molar-refractivity contribution in [2.75, 3.05) is 27.2 Å². The highest BCUT2D eigenvalue weighted by atomic mass is 32.2. The third-order valence-corrected chi connectivity index (χ3v) is 5.88. The Labute approximate surface area is 130 Å². The molecule has 0 saturated carbocycles. The van der Waals surface area contributed by atoms with Crippen LogP contribution in [0, 0.1) is 0 Å². The molecule has 118 valence electrons. The topological polar surface area (TPSA) is 73.8 Å². The number of hydrogen-bond donors (Lipinski definition) is 2. The van der Waals surface area contributed by atoms with E-state index >= 15 is 0 Å².